The second-order valence-corrected chi connectivity index (χ2v) is 14.1. The van der Waals surface area contributed by atoms with Gasteiger partial charge in [-0.1, -0.05) is 152 Å². The van der Waals surface area contributed by atoms with Crippen molar-refractivity contribution < 1.29 is 4.42 Å². The van der Waals surface area contributed by atoms with E-state index in [1.54, 1.807) is 0 Å². The van der Waals surface area contributed by atoms with Gasteiger partial charge in [0.25, 0.3) is 0 Å². The van der Waals surface area contributed by atoms with Gasteiger partial charge in [-0.2, -0.15) is 0 Å². The number of furan rings is 1. The highest BCUT2D eigenvalue weighted by atomic mass is 16.3. The number of rotatable bonds is 4. The quantitative estimate of drug-likeness (QED) is 0.183. The minimum Gasteiger partial charge on any atom is -0.453 e. The Labute approximate surface area is 315 Å². The lowest BCUT2D eigenvalue weighted by atomic mass is 10.0. The molecule has 8 aromatic carbocycles. The molecule has 0 fully saturated rings. The molecular formula is C50H30N4O. The highest BCUT2D eigenvalue weighted by Crippen LogP contribution is 2.45. The summed E-state index contributed by atoms with van der Waals surface area (Å²) in [7, 11) is 0. The molecule has 256 valence electrons. The van der Waals surface area contributed by atoms with Crippen molar-refractivity contribution in [3.05, 3.63) is 182 Å². The van der Waals surface area contributed by atoms with Gasteiger partial charge >= 0.3 is 0 Å². The highest BCUT2D eigenvalue weighted by molar-refractivity contribution is 6.24. The number of aromatic nitrogens is 4. The normalized spacial score (nSPS) is 12.0. The highest BCUT2D eigenvalue weighted by Gasteiger charge is 2.25. The molecule has 0 bridgehead atoms. The fourth-order valence-electron chi connectivity index (χ4n) is 8.73. The Bertz CT molecular complexity index is 3480. The van der Waals surface area contributed by atoms with Gasteiger partial charge in [-0.15, -0.1) is 0 Å². The summed E-state index contributed by atoms with van der Waals surface area (Å²) in [5, 5.41) is 6.79. The van der Waals surface area contributed by atoms with Crippen molar-refractivity contribution in [1.82, 2.24) is 19.1 Å². The summed E-state index contributed by atoms with van der Waals surface area (Å²) in [5.41, 5.74) is 12.8. The molecule has 5 nitrogen and oxygen atoms in total. The third-order valence-electron chi connectivity index (χ3n) is 11.1. The van der Waals surface area contributed by atoms with Crippen LogP contribution in [0.4, 0.5) is 0 Å². The van der Waals surface area contributed by atoms with Crippen molar-refractivity contribution >= 4 is 76.6 Å². The van der Waals surface area contributed by atoms with E-state index in [9.17, 15) is 0 Å². The molecule has 0 saturated carbocycles. The van der Waals surface area contributed by atoms with Crippen LogP contribution in [-0.2, 0) is 0 Å². The Morgan fingerprint density at radius 1 is 0.364 bits per heavy atom. The van der Waals surface area contributed by atoms with Crippen molar-refractivity contribution in [3.63, 3.8) is 0 Å². The minimum absolute atomic E-state index is 0.787. The lowest BCUT2D eigenvalue weighted by molar-refractivity contribution is 0.667. The van der Waals surface area contributed by atoms with E-state index < -0.39 is 0 Å². The van der Waals surface area contributed by atoms with Gasteiger partial charge in [0, 0.05) is 43.4 Å². The largest absolute Gasteiger partial charge is 0.453 e. The number of para-hydroxylation sites is 6. The molecule has 0 atom stereocenters. The maximum atomic E-state index is 7.05. The average molecular weight is 703 g/mol. The van der Waals surface area contributed by atoms with Crippen LogP contribution in [0.25, 0.3) is 110 Å². The van der Waals surface area contributed by atoms with Gasteiger partial charge in [0.15, 0.2) is 11.4 Å². The molecule has 12 aromatic rings. The zero-order chi connectivity index (χ0) is 36.0. The Morgan fingerprint density at radius 2 is 0.891 bits per heavy atom. The predicted molar refractivity (Wildman–Crippen MR) is 226 cm³/mol. The summed E-state index contributed by atoms with van der Waals surface area (Å²) < 4.78 is 11.8. The summed E-state index contributed by atoms with van der Waals surface area (Å²) in [6.45, 7) is 0. The van der Waals surface area contributed by atoms with Crippen LogP contribution in [0.3, 0.4) is 0 Å². The van der Waals surface area contributed by atoms with Gasteiger partial charge in [0.05, 0.1) is 38.8 Å². The minimum atomic E-state index is 0.787. The van der Waals surface area contributed by atoms with Crippen LogP contribution >= 0.6 is 0 Å². The molecule has 4 heterocycles. The van der Waals surface area contributed by atoms with Crippen LogP contribution in [-0.4, -0.2) is 19.1 Å². The number of fused-ring (bicyclic) bond motifs is 11. The molecule has 55 heavy (non-hydrogen) atoms. The Hall–Kier alpha value is -7.50. The van der Waals surface area contributed by atoms with Crippen molar-refractivity contribution in [2.24, 2.45) is 0 Å². The van der Waals surface area contributed by atoms with Gasteiger partial charge in [0.2, 0.25) is 0 Å². The van der Waals surface area contributed by atoms with Gasteiger partial charge < -0.3 is 8.98 Å². The van der Waals surface area contributed by atoms with E-state index in [0.29, 0.717) is 0 Å². The Morgan fingerprint density at radius 3 is 1.60 bits per heavy atom. The van der Waals surface area contributed by atoms with Crippen LogP contribution < -0.4 is 0 Å². The van der Waals surface area contributed by atoms with E-state index in [-0.39, 0.29) is 0 Å². The van der Waals surface area contributed by atoms with Crippen LogP contribution in [0.1, 0.15) is 0 Å². The van der Waals surface area contributed by atoms with Crippen molar-refractivity contribution in [2.45, 2.75) is 0 Å². The fraction of sp³-hybridized carbons (Fsp3) is 0. The molecule has 12 rings (SSSR count). The predicted octanol–water partition coefficient (Wildman–Crippen LogP) is 13.1. The maximum Gasteiger partial charge on any atom is 0.165 e. The summed E-state index contributed by atoms with van der Waals surface area (Å²) in [4.78, 5) is 10.8. The molecule has 5 heteroatoms. The molecule has 0 aliphatic rings. The lowest BCUT2D eigenvalue weighted by Gasteiger charge is -2.15. The Balaban J connectivity index is 1.27. The SMILES string of the molecule is c1ccc(-c2nc3ccccc3nc2-n2c3ccccc3c3ccc4c5ccccc5n(-c5cccc6c5oc5c(-c7ccccc7)cccc56)c4c32)cc1. The number of benzene rings is 8. The molecule has 0 unspecified atom stereocenters. The standard InChI is InChI=1S/C50H30N4O/c1-3-15-31(16-4-1)33-21-13-22-38-39-23-14-28-44(49(39)55-48(33)38)53-42-26-11-7-19-34(42)36-29-30-37-35-20-8-12-27-43(35)54(47(37)46(36)53)50-45(32-17-5-2-6-18-32)51-40-24-9-10-25-41(40)52-50/h1-30H. The van der Waals surface area contributed by atoms with Gasteiger partial charge in [-0.25, -0.2) is 9.97 Å². The van der Waals surface area contributed by atoms with Crippen molar-refractivity contribution in [2.75, 3.05) is 0 Å². The molecule has 0 radical (unpaired) electrons. The molecule has 0 amide bonds. The second kappa shape index (κ2) is 11.5. The van der Waals surface area contributed by atoms with Gasteiger partial charge in [0.1, 0.15) is 11.3 Å². The Kier molecular flexibility index (Phi) is 6.27. The summed E-state index contributed by atoms with van der Waals surface area (Å²) in [6, 6.07) is 63.9. The third-order valence-corrected chi connectivity index (χ3v) is 11.1. The zero-order valence-corrected chi connectivity index (χ0v) is 29.5. The summed E-state index contributed by atoms with van der Waals surface area (Å²) in [6.07, 6.45) is 0. The van der Waals surface area contributed by atoms with Crippen LogP contribution in [0.15, 0.2) is 186 Å². The molecule has 0 N–H and O–H groups in total. The van der Waals surface area contributed by atoms with Crippen molar-refractivity contribution in [1.29, 1.82) is 0 Å². The van der Waals surface area contributed by atoms with E-state index in [4.69, 9.17) is 14.4 Å². The molecule has 4 aromatic heterocycles. The first-order valence-electron chi connectivity index (χ1n) is 18.6. The van der Waals surface area contributed by atoms with Crippen molar-refractivity contribution in [3.8, 4) is 33.9 Å². The summed E-state index contributed by atoms with van der Waals surface area (Å²) >= 11 is 0. The molecular weight excluding hydrogens is 673 g/mol. The maximum absolute atomic E-state index is 7.05. The summed E-state index contributed by atoms with van der Waals surface area (Å²) in [5.74, 6) is 0.787. The van der Waals surface area contributed by atoms with E-state index in [1.165, 1.54) is 5.39 Å². The van der Waals surface area contributed by atoms with E-state index in [1.807, 2.05) is 30.3 Å². The third kappa shape index (κ3) is 4.29. The topological polar surface area (TPSA) is 48.8 Å². The van der Waals surface area contributed by atoms with E-state index in [0.717, 1.165) is 105 Å². The van der Waals surface area contributed by atoms with E-state index >= 15 is 0 Å². The smallest absolute Gasteiger partial charge is 0.165 e. The van der Waals surface area contributed by atoms with Crippen LogP contribution in [0.5, 0.6) is 0 Å². The van der Waals surface area contributed by atoms with Crippen LogP contribution in [0.2, 0.25) is 0 Å². The van der Waals surface area contributed by atoms with Gasteiger partial charge in [-0.05, 0) is 35.9 Å². The first-order valence-corrected chi connectivity index (χ1v) is 18.6. The first-order chi connectivity index (χ1) is 27.3. The monoisotopic (exact) mass is 702 g/mol. The molecule has 0 aliphatic carbocycles. The average Bonchev–Trinajstić information content (AvgIpc) is 3.92. The van der Waals surface area contributed by atoms with Crippen LogP contribution in [0, 0.1) is 0 Å². The number of nitrogens with zero attached hydrogens (tertiary/aromatic N) is 4. The molecule has 0 spiro atoms. The number of hydrogen-bond donors (Lipinski definition) is 0. The zero-order valence-electron chi connectivity index (χ0n) is 29.5. The molecule has 0 aliphatic heterocycles. The number of hydrogen-bond acceptors (Lipinski definition) is 3. The van der Waals surface area contributed by atoms with E-state index in [2.05, 4.69) is 161 Å². The fourth-order valence-corrected chi connectivity index (χ4v) is 8.73. The van der Waals surface area contributed by atoms with Gasteiger partial charge in [-0.3, -0.25) is 4.57 Å². The second-order valence-electron chi connectivity index (χ2n) is 14.1. The molecule has 0 saturated heterocycles. The first kappa shape index (κ1) is 30.0. The lowest BCUT2D eigenvalue weighted by Crippen LogP contribution is -2.05.